The van der Waals surface area contributed by atoms with Crippen molar-refractivity contribution in [3.05, 3.63) is 23.8 Å². The number of unbranched alkanes of at least 4 members (excludes halogenated alkanes) is 4. The quantitative estimate of drug-likeness (QED) is 0.529. The molecule has 0 heterocycles. The lowest BCUT2D eigenvalue weighted by atomic mass is 10.1. The van der Waals surface area contributed by atoms with E-state index in [0.29, 0.717) is 0 Å². The largest absolute Gasteiger partial charge is 0.493 e. The molecule has 0 aliphatic heterocycles. The van der Waals surface area contributed by atoms with Gasteiger partial charge in [-0.3, -0.25) is 0 Å². The molecule has 0 saturated heterocycles. The first kappa shape index (κ1) is 18.8. The monoisotopic (exact) mass is 307 g/mol. The van der Waals surface area contributed by atoms with Gasteiger partial charge in [0.2, 0.25) is 0 Å². The van der Waals surface area contributed by atoms with Gasteiger partial charge >= 0.3 is 0 Å². The van der Waals surface area contributed by atoms with Gasteiger partial charge in [-0.25, -0.2) is 0 Å². The molecular formula is C19H33NO2. The molecule has 1 aromatic rings. The van der Waals surface area contributed by atoms with Gasteiger partial charge in [-0.15, -0.1) is 0 Å². The molecule has 0 unspecified atom stereocenters. The summed E-state index contributed by atoms with van der Waals surface area (Å²) >= 11 is 0. The average molecular weight is 307 g/mol. The minimum atomic E-state index is 0.778. The second-order valence-electron chi connectivity index (χ2n) is 6.15. The van der Waals surface area contributed by atoms with Crippen LogP contribution in [0.25, 0.3) is 0 Å². The number of methoxy groups -OCH3 is 1. The number of hydrogen-bond donors (Lipinski definition) is 0. The lowest BCUT2D eigenvalue weighted by molar-refractivity contribution is 0.284. The minimum Gasteiger partial charge on any atom is -0.493 e. The topological polar surface area (TPSA) is 21.7 Å². The van der Waals surface area contributed by atoms with Crippen LogP contribution in [0, 0.1) is 0 Å². The number of ether oxygens (including phenoxy) is 2. The zero-order valence-electron chi connectivity index (χ0n) is 14.9. The van der Waals surface area contributed by atoms with Crippen molar-refractivity contribution in [2.24, 2.45) is 0 Å². The predicted molar refractivity (Wildman–Crippen MR) is 94.1 cm³/mol. The molecule has 0 fully saturated rings. The Kier molecular flexibility index (Phi) is 9.72. The zero-order chi connectivity index (χ0) is 16.2. The highest BCUT2D eigenvalue weighted by molar-refractivity contribution is 5.43. The summed E-state index contributed by atoms with van der Waals surface area (Å²) < 4.78 is 11.3. The molecule has 126 valence electrons. The van der Waals surface area contributed by atoms with Gasteiger partial charge in [-0.05, 0) is 57.6 Å². The minimum absolute atomic E-state index is 0.778. The first-order valence-corrected chi connectivity index (χ1v) is 8.61. The smallest absolute Gasteiger partial charge is 0.161 e. The van der Waals surface area contributed by atoms with E-state index in [2.05, 4.69) is 44.1 Å². The molecule has 3 heteroatoms. The van der Waals surface area contributed by atoms with E-state index in [1.807, 2.05) is 0 Å². The van der Waals surface area contributed by atoms with Gasteiger partial charge in [-0.1, -0.05) is 38.7 Å². The standard InChI is InChI=1S/C19H33NO2/c1-5-6-7-8-9-15-22-18-13-12-17(16-19(18)21-4)11-10-14-20(2)3/h12-13,16H,5-11,14-15H2,1-4H3. The van der Waals surface area contributed by atoms with Gasteiger partial charge in [0.25, 0.3) is 0 Å². The van der Waals surface area contributed by atoms with Gasteiger partial charge in [0.05, 0.1) is 13.7 Å². The van der Waals surface area contributed by atoms with E-state index >= 15 is 0 Å². The molecule has 0 atom stereocenters. The first-order valence-electron chi connectivity index (χ1n) is 8.61. The predicted octanol–water partition coefficient (Wildman–Crippen LogP) is 4.54. The molecule has 0 spiro atoms. The Bertz CT molecular complexity index is 404. The highest BCUT2D eigenvalue weighted by Crippen LogP contribution is 2.28. The van der Waals surface area contributed by atoms with Gasteiger partial charge < -0.3 is 14.4 Å². The van der Waals surface area contributed by atoms with E-state index in [0.717, 1.165) is 43.9 Å². The highest BCUT2D eigenvalue weighted by Gasteiger charge is 2.06. The Balaban J connectivity index is 2.40. The molecule has 0 radical (unpaired) electrons. The summed E-state index contributed by atoms with van der Waals surface area (Å²) in [7, 11) is 5.93. The van der Waals surface area contributed by atoms with E-state index in [1.165, 1.54) is 31.2 Å². The molecule has 3 nitrogen and oxygen atoms in total. The first-order chi connectivity index (χ1) is 10.7. The third kappa shape index (κ3) is 7.69. The summed E-state index contributed by atoms with van der Waals surface area (Å²) in [5, 5.41) is 0. The number of aryl methyl sites for hydroxylation is 1. The third-order valence-corrected chi connectivity index (χ3v) is 3.80. The second-order valence-corrected chi connectivity index (χ2v) is 6.15. The van der Waals surface area contributed by atoms with Crippen LogP contribution in [-0.2, 0) is 6.42 Å². The number of hydrogen-bond acceptors (Lipinski definition) is 3. The Labute approximate surface area is 136 Å². The van der Waals surface area contributed by atoms with Crippen molar-refractivity contribution >= 4 is 0 Å². The van der Waals surface area contributed by atoms with Crippen LogP contribution in [0.2, 0.25) is 0 Å². The summed E-state index contributed by atoms with van der Waals surface area (Å²) in [5.41, 5.74) is 1.31. The van der Waals surface area contributed by atoms with Crippen LogP contribution in [0.5, 0.6) is 11.5 Å². The maximum absolute atomic E-state index is 5.87. The molecule has 0 amide bonds. The maximum Gasteiger partial charge on any atom is 0.161 e. The Morgan fingerprint density at radius 3 is 2.41 bits per heavy atom. The Morgan fingerprint density at radius 2 is 1.73 bits per heavy atom. The van der Waals surface area contributed by atoms with E-state index in [9.17, 15) is 0 Å². The molecule has 0 aromatic heterocycles. The molecule has 1 rings (SSSR count). The Morgan fingerprint density at radius 1 is 0.955 bits per heavy atom. The zero-order valence-corrected chi connectivity index (χ0v) is 14.9. The van der Waals surface area contributed by atoms with Gasteiger partial charge in [-0.2, -0.15) is 0 Å². The van der Waals surface area contributed by atoms with Crippen molar-refractivity contribution in [3.8, 4) is 11.5 Å². The van der Waals surface area contributed by atoms with E-state index < -0.39 is 0 Å². The van der Waals surface area contributed by atoms with Crippen LogP contribution in [0.15, 0.2) is 18.2 Å². The average Bonchev–Trinajstić information content (AvgIpc) is 2.51. The van der Waals surface area contributed by atoms with Crippen molar-refractivity contribution in [3.63, 3.8) is 0 Å². The fraction of sp³-hybridized carbons (Fsp3) is 0.684. The highest BCUT2D eigenvalue weighted by atomic mass is 16.5. The van der Waals surface area contributed by atoms with Gasteiger partial charge in [0, 0.05) is 0 Å². The van der Waals surface area contributed by atoms with Crippen LogP contribution in [0.4, 0.5) is 0 Å². The fourth-order valence-corrected chi connectivity index (χ4v) is 2.47. The van der Waals surface area contributed by atoms with Crippen LogP contribution in [0.3, 0.4) is 0 Å². The van der Waals surface area contributed by atoms with E-state index in [4.69, 9.17) is 9.47 Å². The van der Waals surface area contributed by atoms with Crippen LogP contribution >= 0.6 is 0 Å². The van der Waals surface area contributed by atoms with Crippen molar-refractivity contribution in [2.75, 3.05) is 34.4 Å². The molecule has 0 N–H and O–H groups in total. The molecule has 1 aromatic carbocycles. The van der Waals surface area contributed by atoms with E-state index in [1.54, 1.807) is 7.11 Å². The molecule has 0 aliphatic rings. The van der Waals surface area contributed by atoms with Crippen LogP contribution < -0.4 is 9.47 Å². The summed E-state index contributed by atoms with van der Waals surface area (Å²) in [6, 6.07) is 6.32. The molecule has 22 heavy (non-hydrogen) atoms. The van der Waals surface area contributed by atoms with Crippen molar-refractivity contribution in [2.45, 2.75) is 51.9 Å². The van der Waals surface area contributed by atoms with Crippen LogP contribution in [-0.4, -0.2) is 39.3 Å². The molecule has 0 saturated carbocycles. The molecule has 0 bridgehead atoms. The van der Waals surface area contributed by atoms with Crippen molar-refractivity contribution in [1.29, 1.82) is 0 Å². The van der Waals surface area contributed by atoms with Crippen molar-refractivity contribution < 1.29 is 9.47 Å². The maximum atomic E-state index is 5.87. The SMILES string of the molecule is CCCCCCCOc1ccc(CCCN(C)C)cc1OC. The lowest BCUT2D eigenvalue weighted by Gasteiger charge is -2.13. The summed E-state index contributed by atoms with van der Waals surface area (Å²) in [4.78, 5) is 2.22. The van der Waals surface area contributed by atoms with E-state index in [-0.39, 0.29) is 0 Å². The summed E-state index contributed by atoms with van der Waals surface area (Å²) in [6.45, 7) is 4.12. The third-order valence-electron chi connectivity index (χ3n) is 3.80. The number of nitrogens with zero attached hydrogens (tertiary/aromatic N) is 1. The van der Waals surface area contributed by atoms with Gasteiger partial charge in [0.1, 0.15) is 0 Å². The summed E-state index contributed by atoms with van der Waals surface area (Å²) in [6.07, 6.45) is 8.52. The van der Waals surface area contributed by atoms with Crippen molar-refractivity contribution in [1.82, 2.24) is 4.90 Å². The lowest BCUT2D eigenvalue weighted by Crippen LogP contribution is -2.13. The fourth-order valence-electron chi connectivity index (χ4n) is 2.47. The summed E-state index contributed by atoms with van der Waals surface area (Å²) in [5.74, 6) is 1.73. The normalized spacial score (nSPS) is 11.0. The number of benzene rings is 1. The molecular weight excluding hydrogens is 274 g/mol. The van der Waals surface area contributed by atoms with Gasteiger partial charge in [0.15, 0.2) is 11.5 Å². The Hall–Kier alpha value is -1.22. The van der Waals surface area contributed by atoms with Crippen LogP contribution in [0.1, 0.15) is 51.0 Å². The molecule has 0 aliphatic carbocycles. The number of rotatable bonds is 12. The second kappa shape index (κ2) is 11.4.